The SMILES string of the molecule is CN(C)C(CNC(=O)CC1CCCN1)c1cccs1. The third kappa shape index (κ3) is 4.30. The van der Waals surface area contributed by atoms with Crippen molar-refractivity contribution < 1.29 is 4.79 Å². The third-order valence-corrected chi connectivity index (χ3v) is 4.56. The van der Waals surface area contributed by atoms with Crippen LogP contribution in [-0.4, -0.2) is 44.0 Å². The standard InChI is InChI=1S/C14H23N3OS/c1-17(2)12(13-6-4-8-19-13)10-16-14(18)9-11-5-3-7-15-11/h4,6,8,11-12,15H,3,5,7,9-10H2,1-2H3,(H,16,18). The number of likely N-dealkylation sites (N-methyl/N-ethyl adjacent to an activating group) is 1. The molecule has 2 unspecified atom stereocenters. The number of carbonyl (C=O) groups excluding carboxylic acids is 1. The maximum atomic E-state index is 11.9. The van der Waals surface area contributed by atoms with Gasteiger partial charge < -0.3 is 15.5 Å². The van der Waals surface area contributed by atoms with Crippen LogP contribution < -0.4 is 10.6 Å². The van der Waals surface area contributed by atoms with Gasteiger partial charge in [-0.3, -0.25) is 4.79 Å². The van der Waals surface area contributed by atoms with E-state index in [1.54, 1.807) is 11.3 Å². The summed E-state index contributed by atoms with van der Waals surface area (Å²) < 4.78 is 0. The van der Waals surface area contributed by atoms with Gasteiger partial charge in [0.05, 0.1) is 6.04 Å². The minimum Gasteiger partial charge on any atom is -0.354 e. The molecule has 106 valence electrons. The average molecular weight is 281 g/mol. The zero-order valence-corrected chi connectivity index (χ0v) is 12.5. The molecule has 1 amide bonds. The van der Waals surface area contributed by atoms with Gasteiger partial charge in [0.25, 0.3) is 0 Å². The maximum Gasteiger partial charge on any atom is 0.221 e. The molecule has 1 aliphatic rings. The van der Waals surface area contributed by atoms with E-state index in [9.17, 15) is 4.79 Å². The van der Waals surface area contributed by atoms with Gasteiger partial charge in [0, 0.05) is 23.9 Å². The summed E-state index contributed by atoms with van der Waals surface area (Å²) in [6.45, 7) is 1.73. The van der Waals surface area contributed by atoms with Crippen molar-refractivity contribution >= 4 is 17.2 Å². The Bertz CT molecular complexity index is 385. The fraction of sp³-hybridized carbons (Fsp3) is 0.643. The van der Waals surface area contributed by atoms with Crippen LogP contribution in [0.1, 0.15) is 30.2 Å². The fourth-order valence-electron chi connectivity index (χ4n) is 2.46. The summed E-state index contributed by atoms with van der Waals surface area (Å²) in [5.74, 6) is 0.155. The topological polar surface area (TPSA) is 44.4 Å². The second-order valence-corrected chi connectivity index (χ2v) is 6.28. The lowest BCUT2D eigenvalue weighted by Gasteiger charge is -2.23. The molecule has 0 bridgehead atoms. The molecule has 0 aromatic carbocycles. The average Bonchev–Trinajstić information content (AvgIpc) is 3.01. The monoisotopic (exact) mass is 281 g/mol. The lowest BCUT2D eigenvalue weighted by molar-refractivity contribution is -0.121. The summed E-state index contributed by atoms with van der Waals surface area (Å²) in [5, 5.41) is 8.50. The summed E-state index contributed by atoms with van der Waals surface area (Å²) in [7, 11) is 4.10. The summed E-state index contributed by atoms with van der Waals surface area (Å²) in [6.07, 6.45) is 2.91. The minimum atomic E-state index is 0.155. The molecular formula is C14H23N3OS. The molecular weight excluding hydrogens is 258 g/mol. The molecule has 0 radical (unpaired) electrons. The number of nitrogens with zero attached hydrogens (tertiary/aromatic N) is 1. The quantitative estimate of drug-likeness (QED) is 0.832. The third-order valence-electron chi connectivity index (χ3n) is 3.58. The molecule has 5 heteroatoms. The van der Waals surface area contributed by atoms with Crippen molar-refractivity contribution in [2.45, 2.75) is 31.3 Å². The lowest BCUT2D eigenvalue weighted by Crippen LogP contribution is -2.37. The highest BCUT2D eigenvalue weighted by Gasteiger charge is 2.20. The zero-order valence-electron chi connectivity index (χ0n) is 11.7. The predicted molar refractivity (Wildman–Crippen MR) is 79.4 cm³/mol. The molecule has 1 aromatic rings. The molecule has 2 heterocycles. The number of amides is 1. The zero-order chi connectivity index (χ0) is 13.7. The van der Waals surface area contributed by atoms with E-state index in [2.05, 4.69) is 47.1 Å². The predicted octanol–water partition coefficient (Wildman–Crippen LogP) is 1.61. The van der Waals surface area contributed by atoms with Gasteiger partial charge in [0.15, 0.2) is 0 Å². The number of nitrogens with one attached hydrogen (secondary N) is 2. The summed E-state index contributed by atoms with van der Waals surface area (Å²) in [5.41, 5.74) is 0. The van der Waals surface area contributed by atoms with Crippen molar-refractivity contribution in [3.05, 3.63) is 22.4 Å². The van der Waals surface area contributed by atoms with Crippen molar-refractivity contribution in [2.75, 3.05) is 27.2 Å². The van der Waals surface area contributed by atoms with E-state index in [1.165, 1.54) is 11.3 Å². The Hall–Kier alpha value is -0.910. The van der Waals surface area contributed by atoms with Gasteiger partial charge in [-0.1, -0.05) is 6.07 Å². The Morgan fingerprint density at radius 3 is 3.05 bits per heavy atom. The van der Waals surface area contributed by atoms with Crippen molar-refractivity contribution in [1.82, 2.24) is 15.5 Å². The van der Waals surface area contributed by atoms with Gasteiger partial charge in [0.2, 0.25) is 5.91 Å². The normalized spacial score (nSPS) is 20.7. The molecule has 1 aliphatic heterocycles. The van der Waals surface area contributed by atoms with Crippen LogP contribution in [0.25, 0.3) is 0 Å². The highest BCUT2D eigenvalue weighted by Crippen LogP contribution is 2.22. The molecule has 1 saturated heterocycles. The Morgan fingerprint density at radius 2 is 2.47 bits per heavy atom. The van der Waals surface area contributed by atoms with Crippen LogP contribution in [0.4, 0.5) is 0 Å². The molecule has 0 aliphatic carbocycles. The number of hydrogen-bond donors (Lipinski definition) is 2. The largest absolute Gasteiger partial charge is 0.354 e. The molecule has 0 spiro atoms. The first-order valence-corrected chi connectivity index (χ1v) is 7.74. The van der Waals surface area contributed by atoms with Gasteiger partial charge in [-0.05, 0) is 44.9 Å². The Kier molecular flexibility index (Phi) is 5.36. The van der Waals surface area contributed by atoms with Crippen LogP contribution in [0.2, 0.25) is 0 Å². The summed E-state index contributed by atoms with van der Waals surface area (Å²) in [6, 6.07) is 4.82. The number of thiophene rings is 1. The van der Waals surface area contributed by atoms with Crippen LogP contribution in [0.5, 0.6) is 0 Å². The molecule has 1 aromatic heterocycles. The van der Waals surface area contributed by atoms with E-state index in [1.807, 2.05) is 0 Å². The highest BCUT2D eigenvalue weighted by molar-refractivity contribution is 7.10. The Morgan fingerprint density at radius 1 is 1.63 bits per heavy atom. The smallest absolute Gasteiger partial charge is 0.221 e. The van der Waals surface area contributed by atoms with Crippen molar-refractivity contribution in [3.63, 3.8) is 0 Å². The second-order valence-electron chi connectivity index (χ2n) is 5.30. The van der Waals surface area contributed by atoms with E-state index in [-0.39, 0.29) is 11.9 Å². The van der Waals surface area contributed by atoms with E-state index < -0.39 is 0 Å². The van der Waals surface area contributed by atoms with E-state index in [4.69, 9.17) is 0 Å². The molecule has 19 heavy (non-hydrogen) atoms. The van der Waals surface area contributed by atoms with Crippen LogP contribution in [0.3, 0.4) is 0 Å². The second kappa shape index (κ2) is 7.03. The molecule has 2 rings (SSSR count). The van der Waals surface area contributed by atoms with E-state index >= 15 is 0 Å². The van der Waals surface area contributed by atoms with Gasteiger partial charge in [-0.25, -0.2) is 0 Å². The van der Waals surface area contributed by atoms with E-state index in [0.717, 1.165) is 13.0 Å². The fourth-order valence-corrected chi connectivity index (χ4v) is 3.38. The summed E-state index contributed by atoms with van der Waals surface area (Å²) >= 11 is 1.74. The van der Waals surface area contributed by atoms with Gasteiger partial charge in [-0.2, -0.15) is 0 Å². The first-order valence-electron chi connectivity index (χ1n) is 6.86. The Labute approximate surface area is 119 Å². The molecule has 2 N–H and O–H groups in total. The van der Waals surface area contributed by atoms with Crippen molar-refractivity contribution in [1.29, 1.82) is 0 Å². The summed E-state index contributed by atoms with van der Waals surface area (Å²) in [4.78, 5) is 15.4. The van der Waals surface area contributed by atoms with Crippen LogP contribution in [0, 0.1) is 0 Å². The lowest BCUT2D eigenvalue weighted by atomic mass is 10.1. The van der Waals surface area contributed by atoms with Crippen molar-refractivity contribution in [2.24, 2.45) is 0 Å². The first kappa shape index (κ1) is 14.5. The molecule has 0 saturated carbocycles. The van der Waals surface area contributed by atoms with Gasteiger partial charge in [0.1, 0.15) is 0 Å². The maximum absolute atomic E-state index is 11.9. The number of rotatable bonds is 6. The number of hydrogen-bond acceptors (Lipinski definition) is 4. The van der Waals surface area contributed by atoms with E-state index in [0.29, 0.717) is 19.0 Å². The first-order chi connectivity index (χ1) is 9.16. The van der Waals surface area contributed by atoms with Gasteiger partial charge >= 0.3 is 0 Å². The number of carbonyl (C=O) groups is 1. The minimum absolute atomic E-state index is 0.155. The van der Waals surface area contributed by atoms with Crippen LogP contribution in [0.15, 0.2) is 17.5 Å². The van der Waals surface area contributed by atoms with Crippen LogP contribution in [-0.2, 0) is 4.79 Å². The molecule has 2 atom stereocenters. The Balaban J connectivity index is 1.80. The van der Waals surface area contributed by atoms with Crippen molar-refractivity contribution in [3.8, 4) is 0 Å². The van der Waals surface area contributed by atoms with Gasteiger partial charge in [-0.15, -0.1) is 11.3 Å². The highest BCUT2D eigenvalue weighted by atomic mass is 32.1. The molecule has 4 nitrogen and oxygen atoms in total. The van der Waals surface area contributed by atoms with Crippen LogP contribution >= 0.6 is 11.3 Å². The molecule has 1 fully saturated rings.